The van der Waals surface area contributed by atoms with E-state index in [0.29, 0.717) is 24.1 Å². The molecule has 0 spiro atoms. The number of hydrogen-bond donors (Lipinski definition) is 2. The quantitative estimate of drug-likeness (QED) is 0.618. The molecule has 1 saturated heterocycles. The summed E-state index contributed by atoms with van der Waals surface area (Å²) in [5, 5.41) is 13.4. The molecule has 5 nitrogen and oxygen atoms in total. The number of hydrogen-bond acceptors (Lipinski definition) is 4. The van der Waals surface area contributed by atoms with E-state index < -0.39 is 16.1 Å². The third-order valence-corrected chi connectivity index (χ3v) is 8.53. The maximum Gasteiger partial charge on any atom is 0.243 e. The summed E-state index contributed by atoms with van der Waals surface area (Å²) in [5.41, 5.74) is 3.75. The summed E-state index contributed by atoms with van der Waals surface area (Å²) >= 11 is 0. The molecule has 7 heteroatoms. The number of rotatable bonds is 4. The van der Waals surface area contributed by atoms with E-state index in [0.717, 1.165) is 16.8 Å². The Morgan fingerprint density at radius 3 is 2.56 bits per heavy atom. The molecule has 5 rings (SSSR count). The lowest BCUT2D eigenvalue weighted by atomic mass is 9.82. The Bertz CT molecular complexity index is 1260. The van der Waals surface area contributed by atoms with E-state index in [4.69, 9.17) is 0 Å². The van der Waals surface area contributed by atoms with Gasteiger partial charge in [0.25, 0.3) is 0 Å². The van der Waals surface area contributed by atoms with Gasteiger partial charge in [-0.05, 0) is 54.8 Å². The molecule has 0 amide bonds. The second kappa shape index (κ2) is 7.99. The van der Waals surface area contributed by atoms with Crippen LogP contribution >= 0.6 is 0 Å². The van der Waals surface area contributed by atoms with Crippen LogP contribution in [0.4, 0.5) is 10.1 Å². The van der Waals surface area contributed by atoms with Gasteiger partial charge >= 0.3 is 0 Å². The molecule has 2 heterocycles. The third kappa shape index (κ3) is 3.41. The van der Waals surface area contributed by atoms with Crippen molar-refractivity contribution < 1.29 is 17.9 Å². The van der Waals surface area contributed by atoms with Gasteiger partial charge in [0.15, 0.2) is 0 Å². The zero-order valence-corrected chi connectivity index (χ0v) is 18.5. The summed E-state index contributed by atoms with van der Waals surface area (Å²) in [6.07, 6.45) is 0.636. The molecule has 3 aromatic rings. The predicted molar refractivity (Wildman–Crippen MR) is 122 cm³/mol. The predicted octanol–water partition coefficient (Wildman–Crippen LogP) is 4.34. The third-order valence-electron chi connectivity index (χ3n) is 6.64. The zero-order chi connectivity index (χ0) is 22.5. The van der Waals surface area contributed by atoms with Crippen LogP contribution in [0.1, 0.15) is 23.6 Å². The normalized spacial score (nSPS) is 22.8. The van der Waals surface area contributed by atoms with Gasteiger partial charge in [0.2, 0.25) is 10.0 Å². The van der Waals surface area contributed by atoms with E-state index in [1.54, 1.807) is 46.8 Å². The van der Waals surface area contributed by atoms with Crippen molar-refractivity contribution in [3.05, 3.63) is 83.7 Å². The molecule has 0 saturated carbocycles. The van der Waals surface area contributed by atoms with Gasteiger partial charge in [-0.1, -0.05) is 42.0 Å². The highest BCUT2D eigenvalue weighted by molar-refractivity contribution is 7.89. The minimum absolute atomic E-state index is 0.0800. The van der Waals surface area contributed by atoms with Gasteiger partial charge in [-0.3, -0.25) is 0 Å². The van der Waals surface area contributed by atoms with E-state index in [1.165, 1.54) is 6.07 Å². The van der Waals surface area contributed by atoms with Crippen LogP contribution in [0, 0.1) is 18.7 Å². The Hall–Kier alpha value is -2.74. The van der Waals surface area contributed by atoms with Crippen molar-refractivity contribution in [2.75, 3.05) is 18.5 Å². The highest BCUT2D eigenvalue weighted by Gasteiger charge is 2.48. The minimum Gasteiger partial charge on any atom is -0.394 e. The summed E-state index contributed by atoms with van der Waals surface area (Å²) in [7, 11) is -3.74. The molecule has 0 aromatic heterocycles. The number of aryl methyl sites for hydroxylation is 1. The number of aliphatic hydroxyl groups is 1. The molecule has 1 unspecified atom stereocenters. The van der Waals surface area contributed by atoms with E-state index in [9.17, 15) is 17.9 Å². The first-order valence-corrected chi connectivity index (χ1v) is 12.2. The largest absolute Gasteiger partial charge is 0.394 e. The lowest BCUT2D eigenvalue weighted by Crippen LogP contribution is -2.42. The van der Waals surface area contributed by atoms with Crippen LogP contribution in [0.5, 0.6) is 0 Å². The molecule has 32 heavy (non-hydrogen) atoms. The molecule has 1 fully saturated rings. The fraction of sp³-hybridized carbons (Fsp3) is 0.280. The summed E-state index contributed by atoms with van der Waals surface area (Å²) in [4.78, 5) is 0.259. The van der Waals surface area contributed by atoms with Gasteiger partial charge in [-0.25, -0.2) is 12.8 Å². The first kappa shape index (κ1) is 21.1. The molecule has 2 N–H and O–H groups in total. The van der Waals surface area contributed by atoms with E-state index in [2.05, 4.69) is 5.32 Å². The van der Waals surface area contributed by atoms with Crippen molar-refractivity contribution in [2.24, 2.45) is 5.92 Å². The number of nitrogens with one attached hydrogen (secondary N) is 1. The van der Waals surface area contributed by atoms with E-state index in [1.807, 2.05) is 25.1 Å². The SMILES string of the molecule is Cc1ccc(S(=O)(=O)N2CC[C@H]3C2c2cc(-c4ccccc4F)ccc2N[C@H]3CO)cc1. The van der Waals surface area contributed by atoms with Crippen LogP contribution in [0.15, 0.2) is 71.6 Å². The molecule has 3 atom stereocenters. The molecule has 0 bridgehead atoms. The molecular weight excluding hydrogens is 427 g/mol. The Kier molecular flexibility index (Phi) is 5.28. The second-order valence-electron chi connectivity index (χ2n) is 8.54. The fourth-order valence-electron chi connectivity index (χ4n) is 5.00. The topological polar surface area (TPSA) is 69.6 Å². The maximum atomic E-state index is 14.5. The lowest BCUT2D eigenvalue weighted by Gasteiger charge is -2.39. The molecular formula is C25H25FN2O3S. The van der Waals surface area contributed by atoms with Crippen LogP contribution in [0.2, 0.25) is 0 Å². The number of benzene rings is 3. The van der Waals surface area contributed by atoms with Crippen LogP contribution in [-0.4, -0.2) is 37.0 Å². The van der Waals surface area contributed by atoms with E-state index >= 15 is 0 Å². The van der Waals surface area contributed by atoms with Gasteiger partial charge in [-0.2, -0.15) is 4.31 Å². The van der Waals surface area contributed by atoms with Crippen molar-refractivity contribution in [1.82, 2.24) is 4.31 Å². The van der Waals surface area contributed by atoms with Gasteiger partial charge in [0.05, 0.1) is 23.6 Å². The van der Waals surface area contributed by atoms with Crippen LogP contribution in [0.25, 0.3) is 11.1 Å². The Morgan fingerprint density at radius 2 is 1.84 bits per heavy atom. The number of sulfonamides is 1. The van der Waals surface area contributed by atoms with Crippen LogP contribution < -0.4 is 5.32 Å². The monoisotopic (exact) mass is 452 g/mol. The zero-order valence-electron chi connectivity index (χ0n) is 17.7. The molecule has 2 aliphatic heterocycles. The van der Waals surface area contributed by atoms with Gasteiger partial charge in [-0.15, -0.1) is 0 Å². The second-order valence-corrected chi connectivity index (χ2v) is 10.4. The number of aliphatic hydroxyl groups excluding tert-OH is 1. The van der Waals surface area contributed by atoms with E-state index in [-0.39, 0.29) is 29.3 Å². The average Bonchev–Trinajstić information content (AvgIpc) is 3.25. The number of nitrogens with zero attached hydrogens (tertiary/aromatic N) is 1. The van der Waals surface area contributed by atoms with Gasteiger partial charge in [0, 0.05) is 23.7 Å². The van der Waals surface area contributed by atoms with Crippen molar-refractivity contribution in [3.8, 4) is 11.1 Å². The van der Waals surface area contributed by atoms with Crippen molar-refractivity contribution in [1.29, 1.82) is 0 Å². The molecule has 2 aliphatic rings. The van der Waals surface area contributed by atoms with Gasteiger partial charge in [0.1, 0.15) is 5.82 Å². The minimum atomic E-state index is -3.74. The molecule has 0 radical (unpaired) electrons. The standard InChI is InChI=1S/C25H25FN2O3S/c1-16-6-9-18(10-7-16)32(30,31)28-13-12-20-24(15-29)27-23-11-8-17(14-21(23)25(20)28)19-4-2-3-5-22(19)26/h2-11,14,20,24-25,27,29H,12-13,15H2,1H3/t20-,24+,25?/m1/s1. The number of anilines is 1. The molecule has 0 aliphatic carbocycles. The van der Waals surface area contributed by atoms with Crippen molar-refractivity contribution in [3.63, 3.8) is 0 Å². The fourth-order valence-corrected chi connectivity index (χ4v) is 6.66. The lowest BCUT2D eigenvalue weighted by molar-refractivity contribution is 0.210. The number of fused-ring (bicyclic) bond motifs is 3. The molecule has 3 aromatic carbocycles. The summed E-state index contributed by atoms with van der Waals surface area (Å²) in [6, 6.07) is 18.3. The Morgan fingerprint density at radius 1 is 1.09 bits per heavy atom. The molecule has 166 valence electrons. The first-order chi connectivity index (χ1) is 15.4. The van der Waals surface area contributed by atoms with Crippen molar-refractivity contribution >= 4 is 15.7 Å². The van der Waals surface area contributed by atoms with Crippen molar-refractivity contribution in [2.45, 2.75) is 30.3 Å². The highest BCUT2D eigenvalue weighted by Crippen LogP contribution is 2.49. The van der Waals surface area contributed by atoms with Crippen LogP contribution in [-0.2, 0) is 10.0 Å². The smallest absolute Gasteiger partial charge is 0.243 e. The number of halogens is 1. The summed E-state index contributed by atoms with van der Waals surface area (Å²) in [6.45, 7) is 2.20. The summed E-state index contributed by atoms with van der Waals surface area (Å²) < 4.78 is 43.2. The van der Waals surface area contributed by atoms with Gasteiger partial charge < -0.3 is 10.4 Å². The highest BCUT2D eigenvalue weighted by atomic mass is 32.2. The summed E-state index contributed by atoms with van der Waals surface area (Å²) in [5.74, 6) is -0.403. The Balaban J connectivity index is 1.62. The van der Waals surface area contributed by atoms with Crippen LogP contribution in [0.3, 0.4) is 0 Å². The Labute approximate surface area is 187 Å². The average molecular weight is 453 g/mol. The first-order valence-electron chi connectivity index (χ1n) is 10.7. The maximum absolute atomic E-state index is 14.5.